The van der Waals surface area contributed by atoms with E-state index in [2.05, 4.69) is 20.2 Å². The van der Waals surface area contributed by atoms with Gasteiger partial charge >= 0.3 is 0 Å². The van der Waals surface area contributed by atoms with E-state index in [0.717, 1.165) is 54.3 Å². The van der Waals surface area contributed by atoms with Gasteiger partial charge in [0, 0.05) is 49.6 Å². The fraction of sp³-hybridized carbons (Fsp3) is 0.500. The van der Waals surface area contributed by atoms with E-state index in [9.17, 15) is 4.79 Å². The average molecular weight is 299 g/mol. The fourth-order valence-corrected chi connectivity index (χ4v) is 3.23. The van der Waals surface area contributed by atoms with Gasteiger partial charge < -0.3 is 4.90 Å². The van der Waals surface area contributed by atoms with E-state index < -0.39 is 0 Å². The highest BCUT2D eigenvalue weighted by atomic mass is 16.2. The Morgan fingerprint density at radius 1 is 1.32 bits per heavy atom. The van der Waals surface area contributed by atoms with Crippen molar-refractivity contribution in [3.63, 3.8) is 0 Å². The third kappa shape index (κ3) is 2.61. The number of nitrogens with zero attached hydrogens (tertiary/aromatic N) is 4. The van der Waals surface area contributed by atoms with Gasteiger partial charge in [0.15, 0.2) is 0 Å². The van der Waals surface area contributed by atoms with Gasteiger partial charge in [0.2, 0.25) is 5.91 Å². The summed E-state index contributed by atoms with van der Waals surface area (Å²) in [5, 5.41) is 7.27. The number of piperidine rings is 1. The molecule has 3 rings (SSSR count). The second-order valence-corrected chi connectivity index (χ2v) is 5.90. The Morgan fingerprint density at radius 3 is 2.77 bits per heavy atom. The number of aryl methyl sites for hydroxylation is 2. The highest BCUT2D eigenvalue weighted by molar-refractivity contribution is 5.73. The fourth-order valence-electron chi connectivity index (χ4n) is 3.23. The maximum atomic E-state index is 11.7. The minimum atomic E-state index is 0.130. The van der Waals surface area contributed by atoms with E-state index in [1.54, 1.807) is 19.3 Å². The maximum absolute atomic E-state index is 11.7. The molecule has 2 aromatic heterocycles. The monoisotopic (exact) mass is 299 g/mol. The zero-order chi connectivity index (χ0) is 15.7. The first-order valence-electron chi connectivity index (χ1n) is 7.66. The predicted molar refractivity (Wildman–Crippen MR) is 83.3 cm³/mol. The van der Waals surface area contributed by atoms with E-state index >= 15 is 0 Å². The second kappa shape index (κ2) is 5.87. The van der Waals surface area contributed by atoms with Crippen molar-refractivity contribution in [2.45, 2.75) is 39.5 Å². The van der Waals surface area contributed by atoms with Crippen molar-refractivity contribution in [3.8, 4) is 11.3 Å². The van der Waals surface area contributed by atoms with Crippen molar-refractivity contribution in [1.82, 2.24) is 25.1 Å². The molecular weight excluding hydrogens is 278 g/mol. The molecule has 0 radical (unpaired) electrons. The lowest BCUT2D eigenvalue weighted by Crippen LogP contribution is -2.38. The Balaban J connectivity index is 2.00. The summed E-state index contributed by atoms with van der Waals surface area (Å²) in [6.07, 6.45) is 5.49. The number of carbonyl (C=O) groups is 1. The number of likely N-dealkylation sites (tertiary alicyclic amines) is 1. The number of aromatic amines is 1. The standard InChI is InChI=1S/C16H21N5O/c1-10-14(11(2)20-19-10)16-15(17-6-7-18-16)13-5-4-8-21(9-13)12(3)22/h6-7,13H,4-5,8-9H2,1-3H3,(H,19,20)/t13-/m1/s1. The number of H-pyrrole nitrogens is 1. The molecule has 0 bridgehead atoms. The quantitative estimate of drug-likeness (QED) is 0.922. The van der Waals surface area contributed by atoms with Crippen LogP contribution in [0.3, 0.4) is 0 Å². The average Bonchev–Trinajstić information content (AvgIpc) is 2.86. The Hall–Kier alpha value is -2.24. The zero-order valence-corrected chi connectivity index (χ0v) is 13.3. The Kier molecular flexibility index (Phi) is 3.92. The van der Waals surface area contributed by atoms with Crippen molar-refractivity contribution in [1.29, 1.82) is 0 Å². The van der Waals surface area contributed by atoms with Crippen LogP contribution in [0.5, 0.6) is 0 Å². The summed E-state index contributed by atoms with van der Waals surface area (Å²) in [6.45, 7) is 7.16. The number of hydrogen-bond donors (Lipinski definition) is 1. The topological polar surface area (TPSA) is 74.8 Å². The number of nitrogens with one attached hydrogen (secondary N) is 1. The molecule has 1 amide bonds. The Bertz CT molecular complexity index is 674. The molecule has 1 fully saturated rings. The van der Waals surface area contributed by atoms with Crippen molar-refractivity contribution in [3.05, 3.63) is 29.5 Å². The highest BCUT2D eigenvalue weighted by Gasteiger charge is 2.27. The van der Waals surface area contributed by atoms with Crippen molar-refractivity contribution >= 4 is 5.91 Å². The van der Waals surface area contributed by atoms with Crippen LogP contribution in [0.4, 0.5) is 0 Å². The molecule has 0 aliphatic carbocycles. The van der Waals surface area contributed by atoms with Gasteiger partial charge in [0.25, 0.3) is 0 Å². The van der Waals surface area contributed by atoms with E-state index in [0.29, 0.717) is 0 Å². The first-order valence-corrected chi connectivity index (χ1v) is 7.66. The van der Waals surface area contributed by atoms with Gasteiger partial charge in [-0.1, -0.05) is 0 Å². The maximum Gasteiger partial charge on any atom is 0.219 e. The summed E-state index contributed by atoms with van der Waals surface area (Å²) in [7, 11) is 0. The molecule has 6 nitrogen and oxygen atoms in total. The number of hydrogen-bond acceptors (Lipinski definition) is 4. The molecule has 22 heavy (non-hydrogen) atoms. The van der Waals surface area contributed by atoms with Crippen LogP contribution in [0.1, 0.15) is 42.8 Å². The lowest BCUT2D eigenvalue weighted by molar-refractivity contribution is -0.130. The molecule has 1 N–H and O–H groups in total. The summed E-state index contributed by atoms with van der Waals surface area (Å²) in [5.74, 6) is 0.362. The molecule has 6 heteroatoms. The van der Waals surface area contributed by atoms with Crippen LogP contribution in [0, 0.1) is 13.8 Å². The van der Waals surface area contributed by atoms with Gasteiger partial charge in [0.1, 0.15) is 0 Å². The lowest BCUT2D eigenvalue weighted by Gasteiger charge is -2.32. The normalized spacial score (nSPS) is 18.5. The number of amides is 1. The summed E-state index contributed by atoms with van der Waals surface area (Å²) in [5.41, 5.74) is 4.82. The molecule has 2 aromatic rings. The third-order valence-electron chi connectivity index (χ3n) is 4.34. The van der Waals surface area contributed by atoms with Crippen LogP contribution in [-0.4, -0.2) is 44.1 Å². The Labute approximate surface area is 130 Å². The largest absolute Gasteiger partial charge is 0.342 e. The van der Waals surface area contributed by atoms with Crippen LogP contribution in [0.15, 0.2) is 12.4 Å². The predicted octanol–water partition coefficient (Wildman–Crippen LogP) is 2.21. The summed E-state index contributed by atoms with van der Waals surface area (Å²) < 4.78 is 0. The smallest absolute Gasteiger partial charge is 0.219 e. The van der Waals surface area contributed by atoms with Crippen LogP contribution < -0.4 is 0 Å². The summed E-state index contributed by atoms with van der Waals surface area (Å²) in [6, 6.07) is 0. The van der Waals surface area contributed by atoms with Gasteiger partial charge in [0.05, 0.1) is 17.1 Å². The molecule has 1 saturated heterocycles. The van der Waals surface area contributed by atoms with Crippen LogP contribution in [0.2, 0.25) is 0 Å². The molecule has 0 saturated carbocycles. The minimum Gasteiger partial charge on any atom is -0.342 e. The molecule has 0 unspecified atom stereocenters. The van der Waals surface area contributed by atoms with Crippen molar-refractivity contribution < 1.29 is 4.79 Å². The van der Waals surface area contributed by atoms with E-state index in [1.807, 2.05) is 18.7 Å². The molecule has 0 aromatic carbocycles. The zero-order valence-electron chi connectivity index (χ0n) is 13.3. The van der Waals surface area contributed by atoms with Gasteiger partial charge in [-0.2, -0.15) is 5.10 Å². The lowest BCUT2D eigenvalue weighted by atomic mass is 9.91. The van der Waals surface area contributed by atoms with Gasteiger partial charge in [-0.25, -0.2) is 0 Å². The third-order valence-corrected chi connectivity index (χ3v) is 4.34. The molecule has 116 valence electrons. The molecule has 1 aliphatic rings. The van der Waals surface area contributed by atoms with Gasteiger partial charge in [-0.15, -0.1) is 0 Å². The second-order valence-electron chi connectivity index (χ2n) is 5.90. The highest BCUT2D eigenvalue weighted by Crippen LogP contribution is 2.33. The molecular formula is C16H21N5O. The molecule has 3 heterocycles. The van der Waals surface area contributed by atoms with Gasteiger partial charge in [-0.05, 0) is 26.7 Å². The van der Waals surface area contributed by atoms with Crippen molar-refractivity contribution in [2.75, 3.05) is 13.1 Å². The number of carbonyl (C=O) groups excluding carboxylic acids is 1. The minimum absolute atomic E-state index is 0.130. The summed E-state index contributed by atoms with van der Waals surface area (Å²) in [4.78, 5) is 22.7. The Morgan fingerprint density at radius 2 is 2.09 bits per heavy atom. The van der Waals surface area contributed by atoms with E-state index in [4.69, 9.17) is 0 Å². The van der Waals surface area contributed by atoms with E-state index in [1.165, 1.54) is 0 Å². The van der Waals surface area contributed by atoms with E-state index in [-0.39, 0.29) is 11.8 Å². The number of rotatable bonds is 2. The van der Waals surface area contributed by atoms with Crippen LogP contribution in [-0.2, 0) is 4.79 Å². The SMILES string of the molecule is CC(=O)N1CCC[C@@H](c2nccnc2-c2c(C)n[nH]c2C)C1. The molecule has 1 aliphatic heterocycles. The van der Waals surface area contributed by atoms with Crippen molar-refractivity contribution in [2.24, 2.45) is 0 Å². The first kappa shape index (κ1) is 14.7. The number of aromatic nitrogens is 4. The first-order chi connectivity index (χ1) is 10.6. The summed E-state index contributed by atoms with van der Waals surface area (Å²) >= 11 is 0. The molecule has 0 spiro atoms. The van der Waals surface area contributed by atoms with Crippen LogP contribution >= 0.6 is 0 Å². The van der Waals surface area contributed by atoms with Crippen LogP contribution in [0.25, 0.3) is 11.3 Å². The molecule has 1 atom stereocenters. The van der Waals surface area contributed by atoms with Gasteiger partial charge in [-0.3, -0.25) is 19.9 Å².